The lowest BCUT2D eigenvalue weighted by Gasteiger charge is -2.16. The SMILES string of the molecule is Nc1nc(-c2ccc(F)c(Cl)c2)c2cc(OC3CCCC3)c(O)cc2n1. The Kier molecular flexibility index (Phi) is 4.28. The van der Waals surface area contributed by atoms with Crippen LogP contribution in [0.3, 0.4) is 0 Å². The fraction of sp³-hybridized carbons (Fsp3) is 0.263. The molecule has 134 valence electrons. The average Bonchev–Trinajstić information content (AvgIpc) is 3.11. The number of hydrogen-bond acceptors (Lipinski definition) is 5. The summed E-state index contributed by atoms with van der Waals surface area (Å²) in [5.41, 5.74) is 7.39. The normalized spacial score (nSPS) is 14.8. The number of nitrogen functional groups attached to an aromatic ring is 1. The minimum absolute atomic E-state index is 0.00517. The Morgan fingerprint density at radius 2 is 1.92 bits per heavy atom. The first kappa shape index (κ1) is 16.8. The van der Waals surface area contributed by atoms with Crippen LogP contribution in [0.15, 0.2) is 30.3 Å². The number of rotatable bonds is 3. The predicted molar refractivity (Wildman–Crippen MR) is 98.9 cm³/mol. The lowest BCUT2D eigenvalue weighted by molar-refractivity contribution is 0.202. The molecule has 0 radical (unpaired) electrons. The first-order chi connectivity index (χ1) is 12.5. The number of nitrogens with zero attached hydrogens (tertiary/aromatic N) is 2. The van der Waals surface area contributed by atoms with Crippen molar-refractivity contribution in [2.75, 3.05) is 5.73 Å². The van der Waals surface area contributed by atoms with Crippen LogP contribution in [0.1, 0.15) is 25.7 Å². The molecule has 3 N–H and O–H groups in total. The number of aromatic nitrogens is 2. The lowest BCUT2D eigenvalue weighted by Crippen LogP contribution is -2.11. The molecule has 1 aliphatic rings. The van der Waals surface area contributed by atoms with Crippen molar-refractivity contribution in [3.8, 4) is 22.8 Å². The molecule has 1 aliphatic carbocycles. The quantitative estimate of drug-likeness (QED) is 0.695. The number of halogens is 2. The second kappa shape index (κ2) is 6.61. The van der Waals surface area contributed by atoms with Crippen LogP contribution >= 0.6 is 11.6 Å². The summed E-state index contributed by atoms with van der Waals surface area (Å²) in [6, 6.07) is 7.55. The van der Waals surface area contributed by atoms with Gasteiger partial charge in [-0.2, -0.15) is 0 Å². The number of anilines is 1. The van der Waals surface area contributed by atoms with Crippen molar-refractivity contribution in [3.63, 3.8) is 0 Å². The molecule has 1 fully saturated rings. The minimum Gasteiger partial charge on any atom is -0.504 e. The highest BCUT2D eigenvalue weighted by Crippen LogP contribution is 2.38. The van der Waals surface area contributed by atoms with E-state index < -0.39 is 5.82 Å². The van der Waals surface area contributed by atoms with Gasteiger partial charge in [0.05, 0.1) is 22.3 Å². The van der Waals surface area contributed by atoms with E-state index in [0.29, 0.717) is 27.9 Å². The summed E-state index contributed by atoms with van der Waals surface area (Å²) in [5.74, 6) is -0.0701. The van der Waals surface area contributed by atoms with Gasteiger partial charge >= 0.3 is 0 Å². The number of phenolic OH excluding ortho intramolecular Hbond substituents is 1. The van der Waals surface area contributed by atoms with Gasteiger partial charge in [0.15, 0.2) is 11.5 Å². The molecule has 0 saturated heterocycles. The van der Waals surface area contributed by atoms with Crippen LogP contribution in [0.2, 0.25) is 5.02 Å². The van der Waals surface area contributed by atoms with E-state index in [9.17, 15) is 9.50 Å². The second-order valence-electron chi connectivity index (χ2n) is 6.42. The van der Waals surface area contributed by atoms with E-state index in [0.717, 1.165) is 25.7 Å². The molecule has 1 saturated carbocycles. The van der Waals surface area contributed by atoms with Crippen molar-refractivity contribution in [2.45, 2.75) is 31.8 Å². The molecule has 7 heteroatoms. The summed E-state index contributed by atoms with van der Waals surface area (Å²) < 4.78 is 19.5. The Balaban J connectivity index is 1.86. The van der Waals surface area contributed by atoms with Crippen molar-refractivity contribution in [1.29, 1.82) is 0 Å². The zero-order valence-electron chi connectivity index (χ0n) is 13.9. The summed E-state index contributed by atoms with van der Waals surface area (Å²) in [6.45, 7) is 0. The van der Waals surface area contributed by atoms with Crippen molar-refractivity contribution in [3.05, 3.63) is 41.2 Å². The molecule has 4 rings (SSSR count). The Morgan fingerprint density at radius 3 is 2.65 bits per heavy atom. The zero-order valence-corrected chi connectivity index (χ0v) is 14.6. The first-order valence-corrected chi connectivity index (χ1v) is 8.81. The molecule has 0 bridgehead atoms. The zero-order chi connectivity index (χ0) is 18.3. The van der Waals surface area contributed by atoms with Gasteiger partial charge in [-0.25, -0.2) is 14.4 Å². The Morgan fingerprint density at radius 1 is 1.15 bits per heavy atom. The highest BCUT2D eigenvalue weighted by molar-refractivity contribution is 6.31. The monoisotopic (exact) mass is 373 g/mol. The molecule has 0 atom stereocenters. The smallest absolute Gasteiger partial charge is 0.221 e. The van der Waals surface area contributed by atoms with Crippen molar-refractivity contribution in [2.24, 2.45) is 0 Å². The molecule has 0 spiro atoms. The fourth-order valence-corrected chi connectivity index (χ4v) is 3.49. The molecule has 0 unspecified atom stereocenters. The molecule has 1 aromatic heterocycles. The maximum absolute atomic E-state index is 13.5. The third-order valence-corrected chi connectivity index (χ3v) is 4.87. The highest BCUT2D eigenvalue weighted by atomic mass is 35.5. The second-order valence-corrected chi connectivity index (χ2v) is 6.83. The number of phenols is 1. The van der Waals surface area contributed by atoms with Gasteiger partial charge in [-0.15, -0.1) is 0 Å². The van der Waals surface area contributed by atoms with E-state index in [-0.39, 0.29) is 22.8 Å². The molecule has 5 nitrogen and oxygen atoms in total. The Labute approximate surface area is 154 Å². The van der Waals surface area contributed by atoms with Gasteiger partial charge in [0.25, 0.3) is 0 Å². The lowest BCUT2D eigenvalue weighted by atomic mass is 10.1. The van der Waals surface area contributed by atoms with E-state index in [1.54, 1.807) is 12.1 Å². The summed E-state index contributed by atoms with van der Waals surface area (Å²) in [5, 5.41) is 10.9. The molecular formula is C19H17ClFN3O2. The van der Waals surface area contributed by atoms with Crippen molar-refractivity contribution >= 4 is 28.5 Å². The van der Waals surface area contributed by atoms with Gasteiger partial charge in [-0.05, 0) is 49.9 Å². The number of benzene rings is 2. The van der Waals surface area contributed by atoms with Gasteiger partial charge in [0.1, 0.15) is 5.82 Å². The van der Waals surface area contributed by atoms with Gasteiger partial charge in [-0.1, -0.05) is 11.6 Å². The summed E-state index contributed by atoms with van der Waals surface area (Å²) >= 11 is 5.91. The topological polar surface area (TPSA) is 81.3 Å². The largest absolute Gasteiger partial charge is 0.504 e. The molecule has 3 aromatic rings. The average molecular weight is 374 g/mol. The van der Waals surface area contributed by atoms with Crippen LogP contribution < -0.4 is 10.5 Å². The number of fused-ring (bicyclic) bond motifs is 1. The first-order valence-electron chi connectivity index (χ1n) is 8.43. The van der Waals surface area contributed by atoms with E-state index in [4.69, 9.17) is 22.1 Å². The summed E-state index contributed by atoms with van der Waals surface area (Å²) in [7, 11) is 0. The van der Waals surface area contributed by atoms with Gasteiger partial charge in [0, 0.05) is 17.0 Å². The van der Waals surface area contributed by atoms with Crippen LogP contribution in [0.25, 0.3) is 22.2 Å². The van der Waals surface area contributed by atoms with E-state index in [2.05, 4.69) is 9.97 Å². The molecule has 26 heavy (non-hydrogen) atoms. The third-order valence-electron chi connectivity index (χ3n) is 4.58. The van der Waals surface area contributed by atoms with Gasteiger partial charge in [-0.3, -0.25) is 0 Å². The van der Waals surface area contributed by atoms with Crippen LogP contribution in [0.4, 0.5) is 10.3 Å². The fourth-order valence-electron chi connectivity index (χ4n) is 3.31. The standard InChI is InChI=1S/C19H17ClFN3O2/c20-13-7-10(5-6-14(13)21)18-12-8-17(26-11-3-1-2-4-11)16(25)9-15(12)23-19(22)24-18/h5-9,11,25H,1-4H2,(H2,22,23,24). The number of aromatic hydroxyl groups is 1. The Bertz CT molecular complexity index is 990. The van der Waals surface area contributed by atoms with Crippen LogP contribution in [-0.4, -0.2) is 21.2 Å². The minimum atomic E-state index is -0.510. The van der Waals surface area contributed by atoms with Gasteiger partial charge in [0.2, 0.25) is 5.95 Å². The molecular weight excluding hydrogens is 357 g/mol. The van der Waals surface area contributed by atoms with Crippen LogP contribution in [0.5, 0.6) is 11.5 Å². The Hall–Kier alpha value is -2.60. The number of ether oxygens (including phenoxy) is 1. The maximum Gasteiger partial charge on any atom is 0.221 e. The molecule has 0 aliphatic heterocycles. The molecule has 2 aromatic carbocycles. The third kappa shape index (κ3) is 3.12. The van der Waals surface area contributed by atoms with Crippen LogP contribution in [0, 0.1) is 5.82 Å². The van der Waals surface area contributed by atoms with Crippen LogP contribution in [-0.2, 0) is 0 Å². The van der Waals surface area contributed by atoms with E-state index >= 15 is 0 Å². The van der Waals surface area contributed by atoms with E-state index in [1.807, 2.05) is 0 Å². The number of hydrogen-bond donors (Lipinski definition) is 2. The van der Waals surface area contributed by atoms with Crippen molar-refractivity contribution < 1.29 is 14.2 Å². The molecule has 0 amide bonds. The summed E-state index contributed by atoms with van der Waals surface area (Å²) in [6.07, 6.45) is 4.28. The predicted octanol–water partition coefficient (Wildman–Crippen LogP) is 4.70. The number of nitrogens with two attached hydrogens (primary N) is 1. The van der Waals surface area contributed by atoms with E-state index in [1.165, 1.54) is 18.2 Å². The van der Waals surface area contributed by atoms with Crippen molar-refractivity contribution in [1.82, 2.24) is 9.97 Å². The van der Waals surface area contributed by atoms with Gasteiger partial charge < -0.3 is 15.6 Å². The highest BCUT2D eigenvalue weighted by Gasteiger charge is 2.20. The maximum atomic E-state index is 13.5. The summed E-state index contributed by atoms with van der Waals surface area (Å²) in [4.78, 5) is 8.47. The molecule has 1 heterocycles.